The van der Waals surface area contributed by atoms with Crippen molar-refractivity contribution in [3.8, 4) is 0 Å². The lowest BCUT2D eigenvalue weighted by Gasteiger charge is -2.09. The van der Waals surface area contributed by atoms with Crippen LogP contribution in [0.2, 0.25) is 0 Å². The number of hydrogen-bond donors (Lipinski definition) is 3. The number of pyridine rings is 1. The van der Waals surface area contributed by atoms with Crippen molar-refractivity contribution < 1.29 is 22.8 Å². The Morgan fingerprint density at radius 1 is 1.00 bits per heavy atom. The van der Waals surface area contributed by atoms with E-state index in [4.69, 9.17) is 0 Å². The molecule has 2 aromatic carbocycles. The third-order valence-corrected chi connectivity index (χ3v) is 5.43. The molecule has 1 heterocycles. The van der Waals surface area contributed by atoms with Gasteiger partial charge in [0, 0.05) is 28.9 Å². The molecule has 0 saturated carbocycles. The van der Waals surface area contributed by atoms with Gasteiger partial charge >= 0.3 is 6.18 Å². The van der Waals surface area contributed by atoms with E-state index >= 15 is 0 Å². The molecule has 0 unspecified atom stereocenters. The molecule has 0 aliphatic carbocycles. The largest absolute Gasteiger partial charge is 0.416 e. The lowest BCUT2D eigenvalue weighted by molar-refractivity contribution is -0.137. The lowest BCUT2D eigenvalue weighted by atomic mass is 10.1. The van der Waals surface area contributed by atoms with Gasteiger partial charge < -0.3 is 15.6 Å². The SMILES string of the molecule is CCSc1c[nH]c(=O)c(C(=O)Nc2ccc(CNC(=O)c3ccc(C(F)(F)F)cc3)cc2)c1. The molecule has 3 N–H and O–H groups in total. The number of benzene rings is 2. The first kappa shape index (κ1) is 24.1. The summed E-state index contributed by atoms with van der Waals surface area (Å²) in [5.41, 5.74) is -0.0230. The maximum Gasteiger partial charge on any atom is 0.416 e. The van der Waals surface area contributed by atoms with Crippen LogP contribution in [-0.4, -0.2) is 22.6 Å². The number of rotatable bonds is 7. The monoisotopic (exact) mass is 475 g/mol. The number of amides is 2. The van der Waals surface area contributed by atoms with E-state index < -0.39 is 29.1 Å². The van der Waals surface area contributed by atoms with Crippen LogP contribution in [0.4, 0.5) is 18.9 Å². The average molecular weight is 475 g/mol. The Bertz CT molecular complexity index is 1190. The van der Waals surface area contributed by atoms with Crippen LogP contribution in [0.3, 0.4) is 0 Å². The van der Waals surface area contributed by atoms with Gasteiger partial charge in [-0.1, -0.05) is 19.1 Å². The van der Waals surface area contributed by atoms with Gasteiger partial charge in [0.05, 0.1) is 5.56 Å². The van der Waals surface area contributed by atoms with Gasteiger partial charge in [-0.05, 0) is 53.8 Å². The summed E-state index contributed by atoms with van der Waals surface area (Å²) in [4.78, 5) is 39.9. The fourth-order valence-electron chi connectivity index (χ4n) is 2.88. The highest BCUT2D eigenvalue weighted by Gasteiger charge is 2.30. The average Bonchev–Trinajstić information content (AvgIpc) is 2.79. The number of thioether (sulfide) groups is 1. The highest BCUT2D eigenvalue weighted by atomic mass is 32.2. The summed E-state index contributed by atoms with van der Waals surface area (Å²) in [7, 11) is 0. The third-order valence-electron chi connectivity index (χ3n) is 4.57. The number of alkyl halides is 3. The molecular formula is C23H20F3N3O3S. The minimum Gasteiger partial charge on any atom is -0.348 e. The maximum atomic E-state index is 12.6. The van der Waals surface area contributed by atoms with Crippen LogP contribution in [0.15, 0.2) is 70.5 Å². The van der Waals surface area contributed by atoms with E-state index in [1.165, 1.54) is 17.8 Å². The third kappa shape index (κ3) is 6.48. The number of carbonyl (C=O) groups is 2. The Morgan fingerprint density at radius 3 is 2.27 bits per heavy atom. The minimum absolute atomic E-state index is 0.00123. The molecule has 3 aromatic rings. The van der Waals surface area contributed by atoms with Gasteiger partial charge in [-0.2, -0.15) is 13.2 Å². The van der Waals surface area contributed by atoms with Gasteiger partial charge in [0.25, 0.3) is 17.4 Å². The Morgan fingerprint density at radius 2 is 1.67 bits per heavy atom. The van der Waals surface area contributed by atoms with Crippen molar-refractivity contribution in [2.24, 2.45) is 0 Å². The van der Waals surface area contributed by atoms with Gasteiger partial charge in [0.2, 0.25) is 0 Å². The van der Waals surface area contributed by atoms with Crippen LogP contribution in [-0.2, 0) is 12.7 Å². The van der Waals surface area contributed by atoms with Crippen LogP contribution in [0, 0.1) is 0 Å². The number of aromatic nitrogens is 1. The zero-order valence-electron chi connectivity index (χ0n) is 17.5. The second-order valence-corrected chi connectivity index (χ2v) is 8.26. The van der Waals surface area contributed by atoms with Gasteiger partial charge in [-0.15, -0.1) is 11.8 Å². The van der Waals surface area contributed by atoms with Crippen molar-refractivity contribution in [3.05, 3.63) is 93.4 Å². The smallest absolute Gasteiger partial charge is 0.348 e. The number of H-pyrrole nitrogens is 1. The first-order chi connectivity index (χ1) is 15.7. The number of hydrogen-bond acceptors (Lipinski definition) is 4. The molecule has 10 heteroatoms. The van der Waals surface area contributed by atoms with E-state index in [2.05, 4.69) is 15.6 Å². The molecule has 0 fully saturated rings. The molecule has 2 amide bonds. The van der Waals surface area contributed by atoms with E-state index in [9.17, 15) is 27.6 Å². The lowest BCUT2D eigenvalue weighted by Crippen LogP contribution is -2.23. The first-order valence-electron chi connectivity index (χ1n) is 9.88. The van der Waals surface area contributed by atoms with E-state index in [0.717, 1.165) is 34.9 Å². The highest BCUT2D eigenvalue weighted by Crippen LogP contribution is 2.29. The molecule has 1 aromatic heterocycles. The van der Waals surface area contributed by atoms with Crippen molar-refractivity contribution >= 4 is 29.3 Å². The molecule has 0 aliphatic heterocycles. The minimum atomic E-state index is -4.46. The number of carbonyl (C=O) groups excluding carboxylic acids is 2. The second kappa shape index (κ2) is 10.4. The first-order valence-corrected chi connectivity index (χ1v) is 10.9. The molecular weight excluding hydrogens is 455 g/mol. The predicted octanol–water partition coefficient (Wildman–Crippen LogP) is 4.69. The summed E-state index contributed by atoms with van der Waals surface area (Å²) in [6, 6.07) is 12.1. The Hall–Kier alpha value is -3.53. The van der Waals surface area contributed by atoms with Crippen molar-refractivity contribution in [1.82, 2.24) is 10.3 Å². The van der Waals surface area contributed by atoms with Crippen LogP contribution in [0.1, 0.15) is 38.8 Å². The molecule has 172 valence electrons. The van der Waals surface area contributed by atoms with E-state index in [1.54, 1.807) is 30.5 Å². The van der Waals surface area contributed by atoms with Crippen LogP contribution < -0.4 is 16.2 Å². The molecule has 0 radical (unpaired) electrons. The quantitative estimate of drug-likeness (QED) is 0.433. The molecule has 0 bridgehead atoms. The van der Waals surface area contributed by atoms with E-state index in [0.29, 0.717) is 11.3 Å². The zero-order valence-corrected chi connectivity index (χ0v) is 18.3. The molecule has 0 spiro atoms. The Labute approximate surface area is 191 Å². The molecule has 0 atom stereocenters. The fraction of sp³-hybridized carbons (Fsp3) is 0.174. The molecule has 3 rings (SSSR count). The topological polar surface area (TPSA) is 91.1 Å². The Balaban J connectivity index is 1.58. The summed E-state index contributed by atoms with van der Waals surface area (Å²) in [5, 5.41) is 5.29. The van der Waals surface area contributed by atoms with E-state index in [1.807, 2.05) is 6.92 Å². The molecule has 0 saturated heterocycles. The summed E-state index contributed by atoms with van der Waals surface area (Å²) in [5.74, 6) is -0.257. The number of anilines is 1. The highest BCUT2D eigenvalue weighted by molar-refractivity contribution is 7.99. The summed E-state index contributed by atoms with van der Waals surface area (Å²) in [6.07, 6.45) is -2.90. The fourth-order valence-corrected chi connectivity index (χ4v) is 3.56. The van der Waals surface area contributed by atoms with E-state index in [-0.39, 0.29) is 17.7 Å². The Kier molecular flexibility index (Phi) is 7.59. The second-order valence-electron chi connectivity index (χ2n) is 6.92. The standard InChI is InChI=1S/C23H20F3N3O3S/c1-2-33-18-11-19(21(31)28-13-18)22(32)29-17-9-3-14(4-10-17)12-27-20(30)15-5-7-16(8-6-15)23(24,25)26/h3-11,13H,2,12H2,1H3,(H,27,30)(H,28,31)(H,29,32). The predicted molar refractivity (Wildman–Crippen MR) is 120 cm³/mol. The van der Waals surface area contributed by atoms with Gasteiger partial charge in [0.1, 0.15) is 5.56 Å². The van der Waals surface area contributed by atoms with Crippen molar-refractivity contribution in [2.75, 3.05) is 11.1 Å². The zero-order chi connectivity index (χ0) is 24.0. The van der Waals surface area contributed by atoms with Crippen molar-refractivity contribution in [1.29, 1.82) is 0 Å². The molecule has 0 aliphatic rings. The summed E-state index contributed by atoms with van der Waals surface area (Å²) in [6.45, 7) is 2.10. The van der Waals surface area contributed by atoms with Crippen LogP contribution >= 0.6 is 11.8 Å². The van der Waals surface area contributed by atoms with Gasteiger partial charge in [0.15, 0.2) is 0 Å². The summed E-state index contributed by atoms with van der Waals surface area (Å²) < 4.78 is 37.9. The maximum absolute atomic E-state index is 12.6. The number of nitrogens with one attached hydrogen (secondary N) is 3. The normalized spacial score (nSPS) is 11.2. The van der Waals surface area contributed by atoms with Crippen molar-refractivity contribution in [3.63, 3.8) is 0 Å². The molecule has 6 nitrogen and oxygen atoms in total. The van der Waals surface area contributed by atoms with Gasteiger partial charge in [-0.25, -0.2) is 0 Å². The molecule has 33 heavy (non-hydrogen) atoms. The summed E-state index contributed by atoms with van der Waals surface area (Å²) >= 11 is 1.50. The van der Waals surface area contributed by atoms with Crippen molar-refractivity contribution in [2.45, 2.75) is 24.5 Å². The van der Waals surface area contributed by atoms with Crippen LogP contribution in [0.5, 0.6) is 0 Å². The van der Waals surface area contributed by atoms with Gasteiger partial charge in [-0.3, -0.25) is 14.4 Å². The van der Waals surface area contributed by atoms with Crippen LogP contribution in [0.25, 0.3) is 0 Å². The number of aromatic amines is 1. The number of halogens is 3.